The van der Waals surface area contributed by atoms with E-state index >= 15 is 0 Å². The minimum Gasteiger partial charge on any atom is -0.381 e. The first kappa shape index (κ1) is 17.6. The van der Waals surface area contributed by atoms with Crippen LogP contribution in [0.4, 0.5) is 22.7 Å². The molecule has 0 aromatic heterocycles. The molecule has 0 saturated heterocycles. The second-order valence-corrected chi connectivity index (χ2v) is 8.56. The van der Waals surface area contributed by atoms with Crippen LogP contribution in [-0.2, 0) is 0 Å². The molecule has 0 aliphatic carbocycles. The molecule has 0 fully saturated rings. The van der Waals surface area contributed by atoms with Gasteiger partial charge in [0.15, 0.2) is 0 Å². The lowest BCUT2D eigenvalue weighted by Crippen LogP contribution is -2.24. The summed E-state index contributed by atoms with van der Waals surface area (Å²) in [6.07, 6.45) is 4.48. The smallest absolute Gasteiger partial charge is 0.130 e. The summed E-state index contributed by atoms with van der Waals surface area (Å²) in [7, 11) is 0. The molecule has 0 amide bonds. The van der Waals surface area contributed by atoms with Crippen molar-refractivity contribution in [2.45, 2.75) is 6.17 Å². The summed E-state index contributed by atoms with van der Waals surface area (Å²) in [4.78, 5) is 2.43. The molecule has 0 radical (unpaired) electrons. The van der Waals surface area contributed by atoms with Crippen LogP contribution in [0.2, 0.25) is 0 Å². The third-order valence-electron chi connectivity index (χ3n) is 5.91. The Balaban J connectivity index is 1.66. The fourth-order valence-corrected chi connectivity index (χ4v) is 4.87. The number of fused-ring (bicyclic) bond motifs is 6. The average Bonchev–Trinajstić information content (AvgIpc) is 3.21. The van der Waals surface area contributed by atoms with Crippen LogP contribution >= 0.6 is 15.9 Å². The third-order valence-corrected chi connectivity index (χ3v) is 6.44. The molecule has 2 aliphatic heterocycles. The summed E-state index contributed by atoms with van der Waals surface area (Å²) in [6, 6.07) is 27.9. The Bertz CT molecular complexity index is 1280. The summed E-state index contributed by atoms with van der Waals surface area (Å²) in [5, 5.41) is 9.98. The number of para-hydroxylation sites is 1. The predicted octanol–water partition coefficient (Wildman–Crippen LogP) is 7.30. The van der Waals surface area contributed by atoms with Gasteiger partial charge in [0, 0.05) is 33.0 Å². The van der Waals surface area contributed by atoms with Crippen LogP contribution in [0.25, 0.3) is 16.8 Å². The second kappa shape index (κ2) is 6.92. The maximum Gasteiger partial charge on any atom is 0.130 e. The minimum absolute atomic E-state index is 0.0146. The number of hydrogen-bond donors (Lipinski definition) is 2. The first-order valence-corrected chi connectivity index (χ1v) is 11.0. The van der Waals surface area contributed by atoms with Gasteiger partial charge in [-0.05, 0) is 29.8 Å². The topological polar surface area (TPSA) is 27.3 Å². The van der Waals surface area contributed by atoms with E-state index in [4.69, 9.17) is 0 Å². The molecule has 4 aromatic rings. The van der Waals surface area contributed by atoms with Gasteiger partial charge >= 0.3 is 0 Å². The summed E-state index contributed by atoms with van der Waals surface area (Å²) >= 11 is 3.57. The van der Waals surface area contributed by atoms with Crippen molar-refractivity contribution in [3.05, 3.63) is 101 Å². The highest BCUT2D eigenvalue weighted by Crippen LogP contribution is 2.54. The van der Waals surface area contributed by atoms with E-state index in [9.17, 15) is 0 Å². The molecule has 30 heavy (non-hydrogen) atoms. The molecule has 2 heterocycles. The van der Waals surface area contributed by atoms with Crippen LogP contribution in [-0.4, -0.2) is 6.54 Å². The Hall–Kier alpha value is -3.24. The zero-order chi connectivity index (χ0) is 20.1. The van der Waals surface area contributed by atoms with E-state index in [1.54, 1.807) is 0 Å². The lowest BCUT2D eigenvalue weighted by Gasteiger charge is -2.29. The van der Waals surface area contributed by atoms with Crippen LogP contribution < -0.4 is 15.5 Å². The number of nitrogens with zero attached hydrogens (tertiary/aromatic N) is 1. The van der Waals surface area contributed by atoms with Gasteiger partial charge in [0.05, 0.1) is 17.1 Å². The molecule has 0 bridgehead atoms. The Labute approximate surface area is 184 Å². The third kappa shape index (κ3) is 2.64. The standard InChI is InChI=1S/C26H20BrN3/c27-18-14-12-17(13-15-18)26-29-24-21-10-5-4-9-20(21)23-22(11-6-16-28-23)25(24)30(26)19-7-2-1-3-8-19/h1-15,26,28-29H,16H2. The summed E-state index contributed by atoms with van der Waals surface area (Å²) in [5.74, 6) is 0. The van der Waals surface area contributed by atoms with Crippen LogP contribution in [0.1, 0.15) is 17.3 Å². The van der Waals surface area contributed by atoms with Crippen molar-refractivity contribution in [2.24, 2.45) is 0 Å². The van der Waals surface area contributed by atoms with Crippen molar-refractivity contribution in [3.8, 4) is 0 Å². The van der Waals surface area contributed by atoms with E-state index in [0.717, 1.165) is 11.0 Å². The monoisotopic (exact) mass is 453 g/mol. The predicted molar refractivity (Wildman–Crippen MR) is 131 cm³/mol. The van der Waals surface area contributed by atoms with Crippen molar-refractivity contribution in [2.75, 3.05) is 22.1 Å². The van der Waals surface area contributed by atoms with E-state index in [1.807, 2.05) is 0 Å². The van der Waals surface area contributed by atoms with E-state index in [1.165, 1.54) is 44.6 Å². The fraction of sp³-hybridized carbons (Fsp3) is 0.0769. The summed E-state index contributed by atoms with van der Waals surface area (Å²) < 4.78 is 1.09. The molecule has 1 unspecified atom stereocenters. The molecule has 3 nitrogen and oxygen atoms in total. The van der Waals surface area contributed by atoms with Gasteiger partial charge in [-0.3, -0.25) is 0 Å². The highest BCUT2D eigenvalue weighted by molar-refractivity contribution is 9.10. The second-order valence-electron chi connectivity index (χ2n) is 7.65. The van der Waals surface area contributed by atoms with Gasteiger partial charge in [0.1, 0.15) is 6.17 Å². The SMILES string of the molecule is Brc1ccc(C2Nc3c(c4c(c5ccccc35)NCC=C4)N2c2ccccc2)cc1. The van der Waals surface area contributed by atoms with Crippen molar-refractivity contribution in [3.63, 3.8) is 0 Å². The van der Waals surface area contributed by atoms with Crippen LogP contribution in [0.15, 0.2) is 89.4 Å². The van der Waals surface area contributed by atoms with Gasteiger partial charge in [0.25, 0.3) is 0 Å². The van der Waals surface area contributed by atoms with Crippen molar-refractivity contribution >= 4 is 55.5 Å². The normalized spacial score (nSPS) is 16.7. The van der Waals surface area contributed by atoms with E-state index in [-0.39, 0.29) is 6.17 Å². The molecule has 0 saturated carbocycles. The average molecular weight is 454 g/mol. The maximum absolute atomic E-state index is 3.86. The summed E-state index contributed by atoms with van der Waals surface area (Å²) in [5.41, 5.74) is 7.27. The number of halogens is 1. The molecule has 6 rings (SSSR count). The highest BCUT2D eigenvalue weighted by Gasteiger charge is 2.36. The molecule has 146 valence electrons. The zero-order valence-electron chi connectivity index (χ0n) is 16.3. The minimum atomic E-state index is 0.0146. The van der Waals surface area contributed by atoms with Gasteiger partial charge in [0.2, 0.25) is 0 Å². The Morgan fingerprint density at radius 1 is 0.800 bits per heavy atom. The van der Waals surface area contributed by atoms with Crippen LogP contribution in [0.5, 0.6) is 0 Å². The zero-order valence-corrected chi connectivity index (χ0v) is 17.9. The van der Waals surface area contributed by atoms with Gasteiger partial charge in [-0.1, -0.05) is 82.7 Å². The number of anilines is 4. The molecule has 4 aromatic carbocycles. The molecule has 2 N–H and O–H groups in total. The first-order valence-electron chi connectivity index (χ1n) is 10.2. The van der Waals surface area contributed by atoms with Crippen LogP contribution in [0, 0.1) is 0 Å². The van der Waals surface area contributed by atoms with E-state index in [0.29, 0.717) is 0 Å². The Kier molecular flexibility index (Phi) is 4.06. The Morgan fingerprint density at radius 2 is 1.50 bits per heavy atom. The van der Waals surface area contributed by atoms with Gasteiger partial charge in [-0.15, -0.1) is 0 Å². The number of nitrogens with one attached hydrogen (secondary N) is 2. The van der Waals surface area contributed by atoms with Gasteiger partial charge in [-0.25, -0.2) is 0 Å². The molecule has 4 heteroatoms. The molecule has 2 aliphatic rings. The number of benzene rings is 4. The van der Waals surface area contributed by atoms with Gasteiger partial charge < -0.3 is 15.5 Å². The van der Waals surface area contributed by atoms with Crippen molar-refractivity contribution in [1.82, 2.24) is 0 Å². The fourth-order valence-electron chi connectivity index (χ4n) is 4.61. The van der Waals surface area contributed by atoms with Crippen LogP contribution in [0.3, 0.4) is 0 Å². The molecule has 1 atom stereocenters. The molecule has 0 spiro atoms. The van der Waals surface area contributed by atoms with Crippen molar-refractivity contribution in [1.29, 1.82) is 0 Å². The highest BCUT2D eigenvalue weighted by atomic mass is 79.9. The van der Waals surface area contributed by atoms with Crippen molar-refractivity contribution < 1.29 is 0 Å². The first-order chi connectivity index (χ1) is 14.8. The molecular weight excluding hydrogens is 434 g/mol. The number of rotatable bonds is 2. The number of hydrogen-bond acceptors (Lipinski definition) is 3. The quantitative estimate of drug-likeness (QED) is 0.333. The lowest BCUT2D eigenvalue weighted by atomic mass is 9.97. The lowest BCUT2D eigenvalue weighted by molar-refractivity contribution is 0.828. The maximum atomic E-state index is 3.86. The Morgan fingerprint density at radius 3 is 2.27 bits per heavy atom. The summed E-state index contributed by atoms with van der Waals surface area (Å²) in [6.45, 7) is 0.852. The van der Waals surface area contributed by atoms with E-state index < -0.39 is 0 Å². The molecular formula is C26H20BrN3. The largest absolute Gasteiger partial charge is 0.381 e. The van der Waals surface area contributed by atoms with Gasteiger partial charge in [-0.2, -0.15) is 0 Å². The van der Waals surface area contributed by atoms with E-state index in [2.05, 4.69) is 122 Å².